The molecular weight excluding hydrogens is 190 g/mol. The summed E-state index contributed by atoms with van der Waals surface area (Å²) >= 11 is 0. The van der Waals surface area contributed by atoms with Crippen LogP contribution in [0.2, 0.25) is 0 Å². The number of para-hydroxylation sites is 1. The number of carbonyl (C=O) groups excluding carboxylic acids is 1. The number of phenols is 1. The van der Waals surface area contributed by atoms with Crippen LogP contribution in [0.3, 0.4) is 0 Å². The molecule has 1 amide bonds. The fourth-order valence-electron chi connectivity index (χ4n) is 1.99. The molecule has 3 nitrogen and oxygen atoms in total. The molecule has 0 aromatic heterocycles. The molecule has 0 fully saturated rings. The zero-order chi connectivity index (χ0) is 11.5. The number of phenolic OH excluding ortho intramolecular Hbond substituents is 1. The maximum absolute atomic E-state index is 11.5. The van der Waals surface area contributed by atoms with Crippen molar-refractivity contribution < 1.29 is 9.90 Å². The third-order valence-electron chi connectivity index (χ3n) is 3.10. The summed E-state index contributed by atoms with van der Waals surface area (Å²) in [5.41, 5.74) is 5.33. The lowest BCUT2D eigenvalue weighted by molar-refractivity contribution is -0.123. The summed E-state index contributed by atoms with van der Waals surface area (Å²) in [4.78, 5) is 11.5. The number of rotatable bonds is 4. The second kappa shape index (κ2) is 4.34. The number of carbonyl (C=O) groups is 1. The van der Waals surface area contributed by atoms with Crippen molar-refractivity contribution in [2.24, 2.45) is 5.73 Å². The van der Waals surface area contributed by atoms with Gasteiger partial charge in [-0.15, -0.1) is 0 Å². The minimum Gasteiger partial charge on any atom is -0.508 e. The summed E-state index contributed by atoms with van der Waals surface area (Å²) in [7, 11) is 0. The Labute approximate surface area is 89.9 Å². The lowest BCUT2D eigenvalue weighted by atomic mass is 9.75. The van der Waals surface area contributed by atoms with Crippen LogP contribution in [0.4, 0.5) is 0 Å². The Morgan fingerprint density at radius 3 is 2.27 bits per heavy atom. The fourth-order valence-corrected chi connectivity index (χ4v) is 1.99. The highest BCUT2D eigenvalue weighted by Crippen LogP contribution is 2.36. The van der Waals surface area contributed by atoms with Crippen LogP contribution in [0.1, 0.15) is 32.3 Å². The van der Waals surface area contributed by atoms with Gasteiger partial charge < -0.3 is 10.8 Å². The number of benzene rings is 1. The highest BCUT2D eigenvalue weighted by Gasteiger charge is 2.36. The molecule has 0 unspecified atom stereocenters. The normalized spacial score (nSPS) is 11.3. The van der Waals surface area contributed by atoms with Gasteiger partial charge in [0, 0.05) is 5.56 Å². The molecule has 1 aromatic carbocycles. The van der Waals surface area contributed by atoms with Crippen LogP contribution >= 0.6 is 0 Å². The van der Waals surface area contributed by atoms with Crippen molar-refractivity contribution in [3.05, 3.63) is 29.8 Å². The molecule has 0 spiro atoms. The summed E-state index contributed by atoms with van der Waals surface area (Å²) in [6.07, 6.45) is 1.19. The minimum atomic E-state index is -0.745. The van der Waals surface area contributed by atoms with E-state index in [9.17, 15) is 9.90 Å². The largest absolute Gasteiger partial charge is 0.508 e. The summed E-state index contributed by atoms with van der Waals surface area (Å²) in [6, 6.07) is 6.87. The van der Waals surface area contributed by atoms with Gasteiger partial charge >= 0.3 is 0 Å². The summed E-state index contributed by atoms with van der Waals surface area (Å²) in [5, 5.41) is 9.75. The van der Waals surface area contributed by atoms with Crippen LogP contribution in [-0.2, 0) is 10.2 Å². The highest BCUT2D eigenvalue weighted by atomic mass is 16.3. The number of hydrogen-bond acceptors (Lipinski definition) is 2. The van der Waals surface area contributed by atoms with Crippen molar-refractivity contribution in [1.29, 1.82) is 0 Å². The van der Waals surface area contributed by atoms with Crippen molar-refractivity contribution in [3.63, 3.8) is 0 Å². The number of hydrogen-bond donors (Lipinski definition) is 2. The quantitative estimate of drug-likeness (QED) is 0.792. The first-order valence-electron chi connectivity index (χ1n) is 5.17. The third kappa shape index (κ3) is 1.82. The summed E-state index contributed by atoms with van der Waals surface area (Å²) in [5.74, 6) is -0.242. The van der Waals surface area contributed by atoms with E-state index < -0.39 is 5.41 Å². The molecule has 15 heavy (non-hydrogen) atoms. The lowest BCUT2D eigenvalue weighted by Gasteiger charge is -2.29. The van der Waals surface area contributed by atoms with Crippen LogP contribution in [0.5, 0.6) is 5.75 Å². The van der Waals surface area contributed by atoms with E-state index in [1.165, 1.54) is 0 Å². The number of amides is 1. The molecule has 3 heteroatoms. The van der Waals surface area contributed by atoms with Gasteiger partial charge in [-0.05, 0) is 18.9 Å². The molecule has 0 bridgehead atoms. The van der Waals surface area contributed by atoms with Gasteiger partial charge in [0.25, 0.3) is 0 Å². The molecule has 1 rings (SSSR count). The molecule has 82 valence electrons. The van der Waals surface area contributed by atoms with Gasteiger partial charge in [0.2, 0.25) is 5.91 Å². The topological polar surface area (TPSA) is 63.3 Å². The van der Waals surface area contributed by atoms with Crippen LogP contribution in [0.25, 0.3) is 0 Å². The third-order valence-corrected chi connectivity index (χ3v) is 3.10. The fraction of sp³-hybridized carbons (Fsp3) is 0.417. The van der Waals surface area contributed by atoms with Gasteiger partial charge in [0.15, 0.2) is 0 Å². The van der Waals surface area contributed by atoms with E-state index in [1.807, 2.05) is 13.8 Å². The monoisotopic (exact) mass is 207 g/mol. The molecule has 0 aliphatic rings. The molecule has 3 N–H and O–H groups in total. The van der Waals surface area contributed by atoms with E-state index in [0.29, 0.717) is 18.4 Å². The Balaban J connectivity index is 3.33. The molecule has 0 aliphatic heterocycles. The lowest BCUT2D eigenvalue weighted by Crippen LogP contribution is -2.40. The second-order valence-corrected chi connectivity index (χ2v) is 3.67. The van der Waals surface area contributed by atoms with Crippen LogP contribution < -0.4 is 5.73 Å². The van der Waals surface area contributed by atoms with E-state index in [0.717, 1.165) is 0 Å². The van der Waals surface area contributed by atoms with Crippen LogP contribution in [0, 0.1) is 0 Å². The first-order chi connectivity index (χ1) is 7.08. The Hall–Kier alpha value is -1.51. The Morgan fingerprint density at radius 2 is 1.87 bits per heavy atom. The summed E-state index contributed by atoms with van der Waals surface area (Å²) in [6.45, 7) is 3.81. The van der Waals surface area contributed by atoms with Crippen molar-refractivity contribution >= 4 is 5.91 Å². The molecule has 0 saturated heterocycles. The molecule has 0 aliphatic carbocycles. The Kier molecular flexibility index (Phi) is 3.35. The van der Waals surface area contributed by atoms with Crippen molar-refractivity contribution in [2.45, 2.75) is 32.1 Å². The molecule has 1 aromatic rings. The minimum absolute atomic E-state index is 0.139. The van der Waals surface area contributed by atoms with Crippen molar-refractivity contribution in [1.82, 2.24) is 0 Å². The molecule has 0 saturated carbocycles. The van der Waals surface area contributed by atoms with Crippen LogP contribution in [0.15, 0.2) is 24.3 Å². The standard InChI is InChI=1S/C12H17NO2/c1-3-12(4-2,11(13)15)9-7-5-6-8-10(9)14/h5-8,14H,3-4H2,1-2H3,(H2,13,15). The average Bonchev–Trinajstić information content (AvgIpc) is 2.22. The van der Waals surface area contributed by atoms with Crippen molar-refractivity contribution in [3.8, 4) is 5.75 Å². The van der Waals surface area contributed by atoms with Gasteiger partial charge in [-0.3, -0.25) is 4.79 Å². The molecule has 0 radical (unpaired) electrons. The van der Waals surface area contributed by atoms with E-state index in [-0.39, 0.29) is 11.7 Å². The van der Waals surface area contributed by atoms with Crippen molar-refractivity contribution in [2.75, 3.05) is 0 Å². The zero-order valence-corrected chi connectivity index (χ0v) is 9.16. The predicted molar refractivity (Wildman–Crippen MR) is 59.6 cm³/mol. The summed E-state index contributed by atoms with van der Waals surface area (Å²) < 4.78 is 0. The van der Waals surface area contributed by atoms with E-state index in [4.69, 9.17) is 5.73 Å². The first-order valence-corrected chi connectivity index (χ1v) is 5.17. The van der Waals surface area contributed by atoms with Gasteiger partial charge in [-0.1, -0.05) is 32.0 Å². The molecule has 0 atom stereocenters. The average molecular weight is 207 g/mol. The maximum Gasteiger partial charge on any atom is 0.228 e. The Bertz CT molecular complexity index is 356. The van der Waals surface area contributed by atoms with Gasteiger partial charge in [0.1, 0.15) is 5.75 Å². The van der Waals surface area contributed by atoms with Gasteiger partial charge in [-0.25, -0.2) is 0 Å². The number of aromatic hydroxyl groups is 1. The second-order valence-electron chi connectivity index (χ2n) is 3.67. The smallest absolute Gasteiger partial charge is 0.228 e. The zero-order valence-electron chi connectivity index (χ0n) is 9.16. The van der Waals surface area contributed by atoms with Gasteiger partial charge in [0.05, 0.1) is 5.41 Å². The maximum atomic E-state index is 11.5. The highest BCUT2D eigenvalue weighted by molar-refractivity contribution is 5.87. The predicted octanol–water partition coefficient (Wildman–Crippen LogP) is 1.94. The van der Waals surface area contributed by atoms with E-state index >= 15 is 0 Å². The number of primary amides is 1. The van der Waals surface area contributed by atoms with E-state index in [2.05, 4.69) is 0 Å². The van der Waals surface area contributed by atoms with Gasteiger partial charge in [-0.2, -0.15) is 0 Å². The first kappa shape index (κ1) is 11.6. The Morgan fingerprint density at radius 1 is 1.33 bits per heavy atom. The number of nitrogens with two attached hydrogens (primary N) is 1. The molecular formula is C12H17NO2. The van der Waals surface area contributed by atoms with E-state index in [1.54, 1.807) is 24.3 Å². The SMILES string of the molecule is CCC(CC)(C(N)=O)c1ccccc1O. The van der Waals surface area contributed by atoms with Crippen LogP contribution in [-0.4, -0.2) is 11.0 Å². The molecule has 0 heterocycles.